The minimum absolute atomic E-state index is 0.117. The Morgan fingerprint density at radius 3 is 2.21 bits per heavy atom. The number of benzene rings is 1. The SMILES string of the molecule is CC1(C)CC(Nc2cc(C(F)(F)F)ccc2[N+](=O)[O-])CC(C)(C)O1. The summed E-state index contributed by atoms with van der Waals surface area (Å²) in [5.41, 5.74) is -2.36. The van der Waals surface area contributed by atoms with Gasteiger partial charge in [0.05, 0.1) is 21.7 Å². The van der Waals surface area contributed by atoms with Gasteiger partial charge < -0.3 is 10.1 Å². The average Bonchev–Trinajstić information content (AvgIpc) is 2.33. The molecule has 1 saturated heterocycles. The molecule has 1 aliphatic heterocycles. The van der Waals surface area contributed by atoms with Crippen molar-refractivity contribution in [3.8, 4) is 0 Å². The molecule has 0 atom stereocenters. The maximum atomic E-state index is 12.9. The molecule has 1 heterocycles. The molecule has 8 heteroatoms. The van der Waals surface area contributed by atoms with Gasteiger partial charge >= 0.3 is 6.18 Å². The highest BCUT2D eigenvalue weighted by Crippen LogP contribution is 2.39. The Labute approximate surface area is 138 Å². The third kappa shape index (κ3) is 4.37. The van der Waals surface area contributed by atoms with Crippen molar-refractivity contribution in [1.29, 1.82) is 0 Å². The quantitative estimate of drug-likeness (QED) is 0.633. The Balaban J connectivity index is 2.35. The Morgan fingerprint density at radius 2 is 1.75 bits per heavy atom. The molecule has 1 aromatic carbocycles. The van der Waals surface area contributed by atoms with E-state index in [-0.39, 0.29) is 17.4 Å². The number of nitro benzene ring substituents is 1. The van der Waals surface area contributed by atoms with Crippen LogP contribution >= 0.6 is 0 Å². The van der Waals surface area contributed by atoms with E-state index in [0.29, 0.717) is 12.8 Å². The van der Waals surface area contributed by atoms with Crippen molar-refractivity contribution in [1.82, 2.24) is 0 Å². The van der Waals surface area contributed by atoms with Gasteiger partial charge in [0.1, 0.15) is 5.69 Å². The molecule has 0 amide bonds. The molecule has 1 aliphatic rings. The first-order valence-corrected chi connectivity index (χ1v) is 7.61. The summed E-state index contributed by atoms with van der Waals surface area (Å²) in [4.78, 5) is 10.5. The van der Waals surface area contributed by atoms with Gasteiger partial charge in [0.15, 0.2) is 0 Å². The summed E-state index contributed by atoms with van der Waals surface area (Å²) in [5.74, 6) is 0. The summed E-state index contributed by atoms with van der Waals surface area (Å²) in [6.45, 7) is 7.57. The van der Waals surface area contributed by atoms with Crippen LogP contribution in [0.1, 0.15) is 46.1 Å². The molecule has 24 heavy (non-hydrogen) atoms. The lowest BCUT2D eigenvalue weighted by Crippen LogP contribution is -2.49. The third-order valence-corrected chi connectivity index (χ3v) is 3.91. The largest absolute Gasteiger partial charge is 0.416 e. The number of hydrogen-bond acceptors (Lipinski definition) is 4. The van der Waals surface area contributed by atoms with E-state index in [1.54, 1.807) is 0 Å². The van der Waals surface area contributed by atoms with E-state index < -0.39 is 27.9 Å². The Bertz CT molecular complexity index is 626. The van der Waals surface area contributed by atoms with Crippen LogP contribution in [0.15, 0.2) is 18.2 Å². The molecule has 0 saturated carbocycles. The van der Waals surface area contributed by atoms with Gasteiger partial charge in [-0.25, -0.2) is 0 Å². The number of ether oxygens (including phenoxy) is 1. The van der Waals surface area contributed by atoms with Crippen LogP contribution in [0, 0.1) is 10.1 Å². The van der Waals surface area contributed by atoms with Crippen molar-refractivity contribution in [3.63, 3.8) is 0 Å². The predicted octanol–water partition coefficient (Wildman–Crippen LogP) is 4.76. The second-order valence-electron chi connectivity index (χ2n) is 7.36. The number of rotatable bonds is 3. The van der Waals surface area contributed by atoms with Gasteiger partial charge in [0.2, 0.25) is 0 Å². The van der Waals surface area contributed by atoms with Gasteiger partial charge in [-0.1, -0.05) is 0 Å². The Morgan fingerprint density at radius 1 is 1.21 bits per heavy atom. The van der Waals surface area contributed by atoms with E-state index in [0.717, 1.165) is 18.2 Å². The molecule has 0 bridgehead atoms. The second-order valence-corrected chi connectivity index (χ2v) is 7.36. The van der Waals surface area contributed by atoms with Gasteiger partial charge in [-0.2, -0.15) is 13.2 Å². The van der Waals surface area contributed by atoms with Gasteiger partial charge in [-0.05, 0) is 52.7 Å². The lowest BCUT2D eigenvalue weighted by molar-refractivity contribution is -0.384. The van der Waals surface area contributed by atoms with Gasteiger partial charge in [-0.15, -0.1) is 0 Å². The highest BCUT2D eigenvalue weighted by molar-refractivity contribution is 5.63. The molecule has 134 valence electrons. The van der Waals surface area contributed by atoms with Crippen molar-refractivity contribution >= 4 is 11.4 Å². The summed E-state index contributed by atoms with van der Waals surface area (Å²) >= 11 is 0. The first-order chi connectivity index (χ1) is 10.8. The van der Waals surface area contributed by atoms with Crippen LogP contribution in [-0.4, -0.2) is 22.2 Å². The van der Waals surface area contributed by atoms with E-state index >= 15 is 0 Å². The molecule has 0 radical (unpaired) electrons. The van der Waals surface area contributed by atoms with Crippen LogP contribution in [0.25, 0.3) is 0 Å². The lowest BCUT2D eigenvalue weighted by atomic mass is 9.85. The minimum Gasteiger partial charge on any atom is -0.377 e. The summed E-state index contributed by atoms with van der Waals surface area (Å²) < 4.78 is 44.7. The Hall–Kier alpha value is -1.83. The van der Waals surface area contributed by atoms with Crippen LogP contribution < -0.4 is 5.32 Å². The fourth-order valence-electron chi connectivity index (χ4n) is 3.40. The lowest BCUT2D eigenvalue weighted by Gasteiger charge is -2.45. The van der Waals surface area contributed by atoms with Crippen LogP contribution in [0.3, 0.4) is 0 Å². The van der Waals surface area contributed by atoms with E-state index in [1.165, 1.54) is 0 Å². The Kier molecular flexibility index (Phi) is 4.56. The average molecular weight is 346 g/mol. The summed E-state index contributed by atoms with van der Waals surface area (Å²) in [5, 5.41) is 14.1. The molecule has 0 unspecified atom stereocenters. The number of hydrogen-bond donors (Lipinski definition) is 1. The van der Waals surface area contributed by atoms with Crippen molar-refractivity contribution in [3.05, 3.63) is 33.9 Å². The maximum absolute atomic E-state index is 12.9. The van der Waals surface area contributed by atoms with Gasteiger partial charge in [0.25, 0.3) is 5.69 Å². The molecule has 0 aliphatic carbocycles. The van der Waals surface area contributed by atoms with E-state index in [2.05, 4.69) is 5.32 Å². The fourth-order valence-corrected chi connectivity index (χ4v) is 3.40. The molecule has 0 aromatic heterocycles. The van der Waals surface area contributed by atoms with E-state index in [9.17, 15) is 23.3 Å². The zero-order valence-corrected chi connectivity index (χ0v) is 14.0. The monoisotopic (exact) mass is 346 g/mol. The highest BCUT2D eigenvalue weighted by atomic mass is 19.4. The smallest absolute Gasteiger partial charge is 0.377 e. The van der Waals surface area contributed by atoms with Crippen LogP contribution in [0.2, 0.25) is 0 Å². The standard InChI is InChI=1S/C16H21F3N2O3/c1-14(2)8-11(9-15(3,4)24-14)20-12-7-10(16(17,18)19)5-6-13(12)21(22)23/h5-7,11,20H,8-9H2,1-4H3. The molecule has 1 N–H and O–H groups in total. The highest BCUT2D eigenvalue weighted by Gasteiger charge is 2.40. The molecular weight excluding hydrogens is 325 g/mol. The zero-order valence-electron chi connectivity index (χ0n) is 14.0. The van der Waals surface area contributed by atoms with Crippen molar-refractivity contribution in [2.24, 2.45) is 0 Å². The first-order valence-electron chi connectivity index (χ1n) is 7.61. The number of anilines is 1. The van der Waals surface area contributed by atoms with Crippen molar-refractivity contribution in [2.75, 3.05) is 5.32 Å². The molecule has 2 rings (SSSR count). The molecular formula is C16H21F3N2O3. The number of halogens is 3. The third-order valence-electron chi connectivity index (χ3n) is 3.91. The van der Waals surface area contributed by atoms with Crippen LogP contribution in [0.5, 0.6) is 0 Å². The number of nitrogens with zero attached hydrogens (tertiary/aromatic N) is 1. The normalized spacial score (nSPS) is 20.6. The van der Waals surface area contributed by atoms with Crippen molar-refractivity contribution < 1.29 is 22.8 Å². The molecule has 0 spiro atoms. The minimum atomic E-state index is -4.56. The summed E-state index contributed by atoms with van der Waals surface area (Å²) in [6, 6.07) is 2.18. The summed E-state index contributed by atoms with van der Waals surface area (Å²) in [6.07, 6.45) is -3.49. The number of nitrogens with one attached hydrogen (secondary N) is 1. The number of alkyl halides is 3. The topological polar surface area (TPSA) is 64.4 Å². The van der Waals surface area contributed by atoms with Gasteiger partial charge in [-0.3, -0.25) is 10.1 Å². The summed E-state index contributed by atoms with van der Waals surface area (Å²) in [7, 11) is 0. The fraction of sp³-hybridized carbons (Fsp3) is 0.625. The van der Waals surface area contributed by atoms with E-state index in [1.807, 2.05) is 27.7 Å². The predicted molar refractivity (Wildman–Crippen MR) is 84.0 cm³/mol. The van der Waals surface area contributed by atoms with Crippen LogP contribution in [-0.2, 0) is 10.9 Å². The molecule has 1 fully saturated rings. The van der Waals surface area contributed by atoms with Crippen LogP contribution in [0.4, 0.5) is 24.5 Å². The molecule has 1 aromatic rings. The molecule has 5 nitrogen and oxygen atoms in total. The van der Waals surface area contributed by atoms with Gasteiger partial charge in [0, 0.05) is 12.1 Å². The maximum Gasteiger partial charge on any atom is 0.416 e. The first kappa shape index (κ1) is 18.5. The second kappa shape index (κ2) is 5.91. The van der Waals surface area contributed by atoms with Crippen molar-refractivity contribution in [2.45, 2.75) is 64.0 Å². The zero-order chi connectivity index (χ0) is 18.3. The number of nitro groups is 1. The van der Waals surface area contributed by atoms with E-state index in [4.69, 9.17) is 4.74 Å².